The fourth-order valence-corrected chi connectivity index (χ4v) is 1.07. The lowest BCUT2D eigenvalue weighted by molar-refractivity contribution is 0.101. The van der Waals surface area contributed by atoms with E-state index in [0.29, 0.717) is 12.1 Å². The topological polar surface area (TPSA) is 42.2 Å². The Morgan fingerprint density at radius 1 is 1.75 bits per heavy atom. The van der Waals surface area contributed by atoms with Gasteiger partial charge in [-0.3, -0.25) is 4.79 Å². The lowest BCUT2D eigenvalue weighted by Gasteiger charge is -2.03. The van der Waals surface area contributed by atoms with E-state index in [1.54, 1.807) is 30.0 Å². The summed E-state index contributed by atoms with van der Waals surface area (Å²) >= 11 is 0. The van der Waals surface area contributed by atoms with E-state index >= 15 is 0 Å². The van der Waals surface area contributed by atoms with Crippen LogP contribution in [-0.4, -0.2) is 21.6 Å². The molecule has 0 amide bonds. The van der Waals surface area contributed by atoms with Crippen LogP contribution < -0.4 is 0 Å². The maximum atomic E-state index is 10.9. The van der Waals surface area contributed by atoms with Gasteiger partial charge in [-0.15, -0.1) is 0 Å². The number of aliphatic hydroxyl groups is 1. The Morgan fingerprint density at radius 3 is 2.83 bits per heavy atom. The normalized spacial score (nSPS) is 12.9. The number of Topliss-reactive ketones (excluding diaryl/α,β-unsaturated/α-hetero) is 1. The van der Waals surface area contributed by atoms with Crippen LogP contribution in [0, 0.1) is 0 Å². The molecule has 3 heteroatoms. The molecular weight excluding hydrogens is 154 g/mol. The van der Waals surface area contributed by atoms with Crippen molar-refractivity contribution in [1.29, 1.82) is 0 Å². The van der Waals surface area contributed by atoms with Crippen molar-refractivity contribution < 1.29 is 9.90 Å². The van der Waals surface area contributed by atoms with Crippen molar-refractivity contribution in [3.05, 3.63) is 24.0 Å². The summed E-state index contributed by atoms with van der Waals surface area (Å²) in [4.78, 5) is 10.9. The third-order valence-corrected chi connectivity index (χ3v) is 1.63. The minimum absolute atomic E-state index is 0.0549. The quantitative estimate of drug-likeness (QED) is 0.684. The molecule has 0 spiro atoms. The van der Waals surface area contributed by atoms with Gasteiger partial charge in [0.2, 0.25) is 0 Å². The lowest BCUT2D eigenvalue weighted by atomic mass is 10.2. The second-order valence-corrected chi connectivity index (χ2v) is 3.00. The Bertz CT molecular complexity index is 276. The number of nitrogens with zero attached hydrogens (tertiary/aromatic N) is 1. The largest absolute Gasteiger partial charge is 0.392 e. The summed E-state index contributed by atoms with van der Waals surface area (Å²) in [7, 11) is 0. The number of carbonyl (C=O) groups excluding carboxylic acids is 1. The Kier molecular flexibility index (Phi) is 2.65. The number of rotatable bonds is 3. The van der Waals surface area contributed by atoms with Gasteiger partial charge in [-0.25, -0.2) is 0 Å². The smallest absolute Gasteiger partial charge is 0.161 e. The first-order valence-electron chi connectivity index (χ1n) is 3.94. The summed E-state index contributed by atoms with van der Waals surface area (Å²) in [5, 5.41) is 9.05. The molecule has 1 N–H and O–H groups in total. The van der Waals surface area contributed by atoms with Crippen LogP contribution in [0.5, 0.6) is 0 Å². The molecule has 0 saturated carbocycles. The molecule has 1 heterocycles. The van der Waals surface area contributed by atoms with Gasteiger partial charge in [-0.2, -0.15) is 0 Å². The molecule has 1 aromatic rings. The second kappa shape index (κ2) is 3.54. The highest BCUT2D eigenvalue weighted by Gasteiger charge is 2.02. The molecule has 1 atom stereocenters. The first-order valence-corrected chi connectivity index (χ1v) is 3.94. The van der Waals surface area contributed by atoms with E-state index in [1.165, 1.54) is 6.92 Å². The predicted octanol–water partition coefficient (Wildman–Crippen LogP) is 1.07. The summed E-state index contributed by atoms with van der Waals surface area (Å²) < 4.78 is 1.81. The van der Waals surface area contributed by atoms with Gasteiger partial charge in [-0.05, 0) is 19.9 Å². The number of ketones is 1. The van der Waals surface area contributed by atoms with Crippen LogP contribution >= 0.6 is 0 Å². The zero-order chi connectivity index (χ0) is 9.14. The van der Waals surface area contributed by atoms with Crippen LogP contribution in [0.25, 0.3) is 0 Å². The van der Waals surface area contributed by atoms with Crippen LogP contribution in [-0.2, 0) is 6.54 Å². The summed E-state index contributed by atoms with van der Waals surface area (Å²) in [6.45, 7) is 3.78. The molecule has 1 rings (SSSR count). The van der Waals surface area contributed by atoms with E-state index in [0.717, 1.165) is 0 Å². The zero-order valence-electron chi connectivity index (χ0n) is 7.32. The Hall–Kier alpha value is -1.09. The van der Waals surface area contributed by atoms with Gasteiger partial charge >= 0.3 is 0 Å². The fourth-order valence-electron chi connectivity index (χ4n) is 1.07. The van der Waals surface area contributed by atoms with Gasteiger partial charge < -0.3 is 9.67 Å². The average molecular weight is 167 g/mol. The molecule has 1 unspecified atom stereocenters. The highest BCUT2D eigenvalue weighted by atomic mass is 16.3. The molecule has 3 nitrogen and oxygen atoms in total. The van der Waals surface area contributed by atoms with Crippen molar-refractivity contribution >= 4 is 5.78 Å². The number of aliphatic hydroxyl groups excluding tert-OH is 1. The summed E-state index contributed by atoms with van der Waals surface area (Å²) in [5.41, 5.74) is 0.690. The molecule has 0 aliphatic rings. The zero-order valence-corrected chi connectivity index (χ0v) is 7.32. The number of aromatic nitrogens is 1. The molecule has 0 bridgehead atoms. The Balaban J connectivity index is 2.71. The van der Waals surface area contributed by atoms with Crippen molar-refractivity contribution in [2.75, 3.05) is 0 Å². The maximum absolute atomic E-state index is 10.9. The third kappa shape index (κ3) is 2.20. The summed E-state index contributed by atoms with van der Waals surface area (Å²) in [6, 6.07) is 1.75. The molecule has 0 aliphatic heterocycles. The molecule has 0 fully saturated rings. The lowest BCUT2D eigenvalue weighted by Crippen LogP contribution is -2.09. The van der Waals surface area contributed by atoms with Crippen molar-refractivity contribution in [3.63, 3.8) is 0 Å². The van der Waals surface area contributed by atoms with Crippen LogP contribution in [0.2, 0.25) is 0 Å². The molecule has 0 aliphatic carbocycles. The van der Waals surface area contributed by atoms with Gasteiger partial charge in [0, 0.05) is 24.5 Å². The van der Waals surface area contributed by atoms with Gasteiger partial charge in [0.1, 0.15) is 0 Å². The van der Waals surface area contributed by atoms with Crippen molar-refractivity contribution in [3.8, 4) is 0 Å². The highest BCUT2D eigenvalue weighted by Crippen LogP contribution is 2.02. The minimum Gasteiger partial charge on any atom is -0.392 e. The van der Waals surface area contributed by atoms with E-state index < -0.39 is 0 Å². The molecule has 0 saturated heterocycles. The molecule has 66 valence electrons. The monoisotopic (exact) mass is 167 g/mol. The van der Waals surface area contributed by atoms with Gasteiger partial charge in [0.25, 0.3) is 0 Å². The number of hydrogen-bond donors (Lipinski definition) is 1. The average Bonchev–Trinajstić information content (AvgIpc) is 2.34. The van der Waals surface area contributed by atoms with Gasteiger partial charge in [-0.1, -0.05) is 0 Å². The van der Waals surface area contributed by atoms with Crippen molar-refractivity contribution in [1.82, 2.24) is 4.57 Å². The predicted molar refractivity (Wildman–Crippen MR) is 46.1 cm³/mol. The SMILES string of the molecule is CC(=O)c1ccn(CC(C)O)c1. The standard InChI is InChI=1S/C9H13NO2/c1-7(11)5-10-4-3-9(6-10)8(2)12/h3-4,6-7,11H,5H2,1-2H3. The van der Waals surface area contributed by atoms with Crippen molar-refractivity contribution in [2.24, 2.45) is 0 Å². The first-order chi connectivity index (χ1) is 5.59. The summed E-state index contributed by atoms with van der Waals surface area (Å²) in [6.07, 6.45) is 3.16. The molecule has 1 aromatic heterocycles. The second-order valence-electron chi connectivity index (χ2n) is 3.00. The molecule has 12 heavy (non-hydrogen) atoms. The first kappa shape index (κ1) is 9.00. The number of hydrogen-bond acceptors (Lipinski definition) is 2. The van der Waals surface area contributed by atoms with Gasteiger partial charge in [0.15, 0.2) is 5.78 Å². The highest BCUT2D eigenvalue weighted by molar-refractivity contribution is 5.93. The summed E-state index contributed by atoms with van der Waals surface area (Å²) in [5.74, 6) is 0.0549. The van der Waals surface area contributed by atoms with Crippen LogP contribution in [0.4, 0.5) is 0 Å². The van der Waals surface area contributed by atoms with E-state index in [-0.39, 0.29) is 11.9 Å². The van der Waals surface area contributed by atoms with Gasteiger partial charge in [0.05, 0.1) is 6.10 Å². The third-order valence-electron chi connectivity index (χ3n) is 1.63. The van der Waals surface area contributed by atoms with E-state index in [2.05, 4.69) is 0 Å². The fraction of sp³-hybridized carbons (Fsp3) is 0.444. The minimum atomic E-state index is -0.378. The van der Waals surface area contributed by atoms with Crippen molar-refractivity contribution in [2.45, 2.75) is 26.5 Å². The van der Waals surface area contributed by atoms with E-state index in [9.17, 15) is 4.79 Å². The molecular formula is C9H13NO2. The maximum Gasteiger partial charge on any atom is 0.161 e. The molecule has 0 radical (unpaired) electrons. The van der Waals surface area contributed by atoms with Crippen LogP contribution in [0.3, 0.4) is 0 Å². The Morgan fingerprint density at radius 2 is 2.42 bits per heavy atom. The number of carbonyl (C=O) groups is 1. The van der Waals surface area contributed by atoms with E-state index in [1.807, 2.05) is 0 Å². The van der Waals surface area contributed by atoms with Crippen LogP contribution in [0.1, 0.15) is 24.2 Å². The molecule has 0 aromatic carbocycles. The van der Waals surface area contributed by atoms with E-state index in [4.69, 9.17) is 5.11 Å². The Labute approximate surface area is 71.6 Å². The van der Waals surface area contributed by atoms with Crippen LogP contribution in [0.15, 0.2) is 18.5 Å².